The summed E-state index contributed by atoms with van der Waals surface area (Å²) in [4.78, 5) is 24.5. The van der Waals surface area contributed by atoms with Gasteiger partial charge >= 0.3 is 5.97 Å². The summed E-state index contributed by atoms with van der Waals surface area (Å²) in [6.07, 6.45) is 1.44. The van der Waals surface area contributed by atoms with Crippen molar-refractivity contribution in [1.29, 1.82) is 5.26 Å². The van der Waals surface area contributed by atoms with Crippen LogP contribution in [0.25, 0.3) is 6.08 Å². The number of nitrogens with zero attached hydrogens (tertiary/aromatic N) is 1. The summed E-state index contributed by atoms with van der Waals surface area (Å²) >= 11 is 6.17. The maximum atomic E-state index is 12.8. The summed E-state index contributed by atoms with van der Waals surface area (Å²) in [6.45, 7) is 6.37. The first-order valence-electron chi connectivity index (χ1n) is 11.0. The van der Waals surface area contributed by atoms with E-state index in [4.69, 9.17) is 21.1 Å². The molecule has 7 heteroatoms. The van der Waals surface area contributed by atoms with E-state index in [1.165, 1.54) is 6.08 Å². The number of halogens is 1. The molecule has 6 nitrogen and oxygen atoms in total. The van der Waals surface area contributed by atoms with Crippen LogP contribution in [0.15, 0.2) is 66.2 Å². The maximum Gasteiger partial charge on any atom is 0.338 e. The Morgan fingerprint density at radius 3 is 2.34 bits per heavy atom. The van der Waals surface area contributed by atoms with E-state index in [0.717, 1.165) is 16.7 Å². The van der Waals surface area contributed by atoms with Crippen molar-refractivity contribution < 1.29 is 19.1 Å². The van der Waals surface area contributed by atoms with E-state index in [1.54, 1.807) is 49.4 Å². The Labute approximate surface area is 209 Å². The number of amides is 1. The second-order valence-electron chi connectivity index (χ2n) is 7.89. The van der Waals surface area contributed by atoms with Crippen LogP contribution in [0.2, 0.25) is 5.02 Å². The van der Waals surface area contributed by atoms with Crippen LogP contribution in [0.1, 0.15) is 39.5 Å². The Morgan fingerprint density at radius 1 is 1.03 bits per heavy atom. The van der Waals surface area contributed by atoms with Crippen molar-refractivity contribution in [2.45, 2.75) is 27.4 Å². The van der Waals surface area contributed by atoms with E-state index in [0.29, 0.717) is 34.2 Å². The number of aryl methyl sites for hydroxylation is 2. The van der Waals surface area contributed by atoms with Crippen LogP contribution < -0.4 is 10.1 Å². The second kappa shape index (κ2) is 11.9. The molecule has 0 radical (unpaired) electrons. The van der Waals surface area contributed by atoms with Crippen LogP contribution in [-0.4, -0.2) is 18.5 Å². The summed E-state index contributed by atoms with van der Waals surface area (Å²) < 4.78 is 10.9. The third-order valence-corrected chi connectivity index (χ3v) is 5.20. The van der Waals surface area contributed by atoms with Gasteiger partial charge in [0.15, 0.2) is 0 Å². The van der Waals surface area contributed by atoms with E-state index >= 15 is 0 Å². The fourth-order valence-corrected chi connectivity index (χ4v) is 3.66. The van der Waals surface area contributed by atoms with Gasteiger partial charge in [0, 0.05) is 16.3 Å². The van der Waals surface area contributed by atoms with Crippen molar-refractivity contribution in [2.24, 2.45) is 0 Å². The molecule has 0 fully saturated rings. The Hall–Kier alpha value is -4.08. The zero-order valence-corrected chi connectivity index (χ0v) is 20.5. The van der Waals surface area contributed by atoms with Gasteiger partial charge in [-0.05, 0) is 74.9 Å². The predicted molar refractivity (Wildman–Crippen MR) is 136 cm³/mol. The number of nitrogens with one attached hydrogen (secondary N) is 1. The Kier molecular flexibility index (Phi) is 8.66. The zero-order chi connectivity index (χ0) is 25.4. The summed E-state index contributed by atoms with van der Waals surface area (Å²) in [7, 11) is 0. The third-order valence-electron chi connectivity index (χ3n) is 4.97. The first-order valence-corrected chi connectivity index (χ1v) is 11.4. The highest BCUT2D eigenvalue weighted by Gasteiger charge is 2.13. The Morgan fingerprint density at radius 2 is 1.71 bits per heavy atom. The number of hydrogen-bond acceptors (Lipinski definition) is 5. The van der Waals surface area contributed by atoms with Gasteiger partial charge in [-0.1, -0.05) is 40.9 Å². The van der Waals surface area contributed by atoms with Gasteiger partial charge in [0.25, 0.3) is 5.91 Å². The lowest BCUT2D eigenvalue weighted by Gasteiger charge is -2.12. The van der Waals surface area contributed by atoms with Crippen LogP contribution in [0.3, 0.4) is 0 Å². The van der Waals surface area contributed by atoms with Gasteiger partial charge < -0.3 is 14.8 Å². The second-order valence-corrected chi connectivity index (χ2v) is 8.32. The number of benzene rings is 3. The lowest BCUT2D eigenvalue weighted by molar-refractivity contribution is -0.112. The molecule has 35 heavy (non-hydrogen) atoms. The van der Waals surface area contributed by atoms with Crippen LogP contribution in [0.4, 0.5) is 5.69 Å². The van der Waals surface area contributed by atoms with Crippen molar-refractivity contribution in [3.8, 4) is 11.8 Å². The molecule has 0 aliphatic carbocycles. The molecular formula is C28H25ClN2O4. The van der Waals surface area contributed by atoms with Crippen molar-refractivity contribution in [3.05, 3.63) is 99.1 Å². The highest BCUT2D eigenvalue weighted by molar-refractivity contribution is 6.30. The molecule has 0 aromatic heterocycles. The number of esters is 1. The fraction of sp³-hybridized carbons (Fsp3) is 0.179. The topological polar surface area (TPSA) is 88.4 Å². The fourth-order valence-electron chi connectivity index (χ4n) is 3.48. The lowest BCUT2D eigenvalue weighted by Crippen LogP contribution is -2.14. The smallest absolute Gasteiger partial charge is 0.338 e. The molecule has 178 valence electrons. The van der Waals surface area contributed by atoms with E-state index in [9.17, 15) is 14.9 Å². The molecule has 3 aromatic rings. The molecule has 3 aromatic carbocycles. The molecule has 3 rings (SSSR count). The third kappa shape index (κ3) is 7.20. The van der Waals surface area contributed by atoms with Crippen LogP contribution in [-0.2, 0) is 16.1 Å². The summed E-state index contributed by atoms with van der Waals surface area (Å²) in [5.41, 5.74) is 4.46. The van der Waals surface area contributed by atoms with Gasteiger partial charge in [0.1, 0.15) is 24.0 Å². The van der Waals surface area contributed by atoms with Gasteiger partial charge in [0.2, 0.25) is 0 Å². The van der Waals surface area contributed by atoms with Gasteiger partial charge in [-0.2, -0.15) is 5.26 Å². The highest BCUT2D eigenvalue weighted by atomic mass is 35.5. The summed E-state index contributed by atoms with van der Waals surface area (Å²) in [5.74, 6) is -0.554. The monoisotopic (exact) mass is 488 g/mol. The zero-order valence-electron chi connectivity index (χ0n) is 19.7. The number of nitriles is 1. The number of rotatable bonds is 8. The number of ether oxygens (including phenoxy) is 2. The van der Waals surface area contributed by atoms with Crippen LogP contribution >= 0.6 is 11.6 Å². The molecule has 1 amide bonds. The van der Waals surface area contributed by atoms with Gasteiger partial charge in [0.05, 0.1) is 12.2 Å². The van der Waals surface area contributed by atoms with E-state index < -0.39 is 11.9 Å². The van der Waals surface area contributed by atoms with Gasteiger partial charge in [-0.25, -0.2) is 4.79 Å². The van der Waals surface area contributed by atoms with E-state index in [-0.39, 0.29) is 12.2 Å². The number of carbonyl (C=O) groups is 2. The van der Waals surface area contributed by atoms with Crippen molar-refractivity contribution in [1.82, 2.24) is 0 Å². The van der Waals surface area contributed by atoms with Crippen molar-refractivity contribution >= 4 is 35.2 Å². The molecule has 0 saturated heterocycles. The quantitative estimate of drug-likeness (QED) is 0.230. The molecule has 0 aliphatic rings. The molecule has 0 atom stereocenters. The van der Waals surface area contributed by atoms with Crippen LogP contribution in [0.5, 0.6) is 5.75 Å². The minimum atomic E-state index is -0.600. The normalized spacial score (nSPS) is 10.9. The minimum absolute atomic E-state index is 0.127. The molecule has 1 N–H and O–H groups in total. The van der Waals surface area contributed by atoms with E-state index in [2.05, 4.69) is 11.4 Å². The minimum Gasteiger partial charge on any atom is -0.488 e. The largest absolute Gasteiger partial charge is 0.488 e. The van der Waals surface area contributed by atoms with Crippen molar-refractivity contribution in [2.75, 3.05) is 11.9 Å². The molecule has 0 bridgehead atoms. The molecule has 0 unspecified atom stereocenters. The van der Waals surface area contributed by atoms with Crippen LogP contribution in [0, 0.1) is 25.2 Å². The summed E-state index contributed by atoms with van der Waals surface area (Å²) in [5, 5.41) is 12.7. The van der Waals surface area contributed by atoms with Gasteiger partial charge in [-0.3, -0.25) is 4.79 Å². The SMILES string of the molecule is CCOC(=O)c1ccc(NC(=O)/C(C#N)=C/c2cc(Cl)ccc2OCc2cc(C)cc(C)c2)cc1. The molecule has 0 spiro atoms. The number of hydrogen-bond donors (Lipinski definition) is 1. The highest BCUT2D eigenvalue weighted by Crippen LogP contribution is 2.27. The Bertz CT molecular complexity index is 1290. The lowest BCUT2D eigenvalue weighted by atomic mass is 10.1. The Balaban J connectivity index is 1.78. The molecular weight excluding hydrogens is 464 g/mol. The number of anilines is 1. The molecule has 0 heterocycles. The summed E-state index contributed by atoms with van der Waals surface area (Å²) in [6, 6.07) is 19.3. The van der Waals surface area contributed by atoms with E-state index in [1.807, 2.05) is 32.0 Å². The standard InChI is InChI=1S/C28H25ClN2O4/c1-4-34-28(33)21-5-8-25(9-6-21)31-27(32)23(16-30)14-22-15-24(29)7-10-26(22)35-17-20-12-18(2)11-19(3)13-20/h5-15H,4,17H2,1-3H3,(H,31,32)/b23-14+. The average Bonchev–Trinajstić information content (AvgIpc) is 2.82. The molecule has 0 aliphatic heterocycles. The van der Waals surface area contributed by atoms with Gasteiger partial charge in [-0.15, -0.1) is 0 Å². The molecule has 0 saturated carbocycles. The first-order chi connectivity index (χ1) is 16.8. The average molecular weight is 489 g/mol. The maximum absolute atomic E-state index is 12.8. The first kappa shape index (κ1) is 25.5. The van der Waals surface area contributed by atoms with Crippen molar-refractivity contribution in [3.63, 3.8) is 0 Å². The number of carbonyl (C=O) groups excluding carboxylic acids is 2. The predicted octanol–water partition coefficient (Wildman–Crippen LogP) is 6.26.